The van der Waals surface area contributed by atoms with Crippen LogP contribution >= 0.6 is 12.0 Å². The van der Waals surface area contributed by atoms with E-state index in [0.29, 0.717) is 22.6 Å². The summed E-state index contributed by atoms with van der Waals surface area (Å²) in [4.78, 5) is 0.486. The molecule has 0 aliphatic heterocycles. The molecular formula is C16H11CuN2O5S-. The Hall–Kier alpha value is -2.13. The number of phenols is 2. The second kappa shape index (κ2) is 8.82. The summed E-state index contributed by atoms with van der Waals surface area (Å²) in [7, 11) is 0. The number of azo groups is 1. The zero-order valence-corrected chi connectivity index (χ0v) is 14.2. The van der Waals surface area contributed by atoms with Gasteiger partial charge in [-0.2, -0.15) is 4.33 Å². The van der Waals surface area contributed by atoms with Crippen molar-refractivity contribution in [1.29, 1.82) is 0 Å². The van der Waals surface area contributed by atoms with Crippen molar-refractivity contribution in [1.82, 2.24) is 0 Å². The molecule has 25 heavy (non-hydrogen) atoms. The van der Waals surface area contributed by atoms with Crippen molar-refractivity contribution in [2.24, 2.45) is 10.2 Å². The summed E-state index contributed by atoms with van der Waals surface area (Å²) in [5.41, 5.74) is 0.450. The van der Waals surface area contributed by atoms with Gasteiger partial charge in [0.2, 0.25) is 0 Å². The number of phenolic OH excluding ortho intramolecular Hbond substituents is 2. The molecule has 9 heteroatoms. The summed E-state index contributed by atoms with van der Waals surface area (Å²) in [6.45, 7) is 0. The van der Waals surface area contributed by atoms with Gasteiger partial charge in [0.1, 0.15) is 22.9 Å². The van der Waals surface area contributed by atoms with Crippen LogP contribution in [0, 0.1) is 0 Å². The van der Waals surface area contributed by atoms with Gasteiger partial charge in [0.15, 0.2) is 0 Å². The van der Waals surface area contributed by atoms with Gasteiger partial charge < -0.3 is 15.5 Å². The predicted molar refractivity (Wildman–Crippen MR) is 85.9 cm³/mol. The minimum atomic E-state index is -0.106. The van der Waals surface area contributed by atoms with E-state index in [2.05, 4.69) is 19.6 Å². The molecule has 0 unspecified atom stereocenters. The van der Waals surface area contributed by atoms with Crippen molar-refractivity contribution >= 4 is 34.2 Å². The second-order valence-electron chi connectivity index (χ2n) is 4.72. The minimum Gasteiger partial charge on any atom is -0.691 e. The molecule has 3 rings (SSSR count). The third-order valence-corrected chi connectivity index (χ3v) is 3.81. The molecule has 0 bridgehead atoms. The van der Waals surface area contributed by atoms with E-state index in [1.165, 1.54) is 24.3 Å². The molecule has 0 spiro atoms. The zero-order chi connectivity index (χ0) is 16.9. The Bertz CT molecular complexity index is 907. The summed E-state index contributed by atoms with van der Waals surface area (Å²) < 4.78 is 4.22. The molecule has 1 radical (unpaired) electrons. The molecule has 133 valence electrons. The number of hydrogen-bond donors (Lipinski definition) is 2. The Balaban J connectivity index is 0.00000225. The first-order valence-corrected chi connectivity index (χ1v) is 7.52. The molecule has 0 saturated carbocycles. The van der Waals surface area contributed by atoms with E-state index in [1.54, 1.807) is 6.07 Å². The Morgan fingerprint density at radius 2 is 1.68 bits per heavy atom. The molecule has 3 aromatic carbocycles. The van der Waals surface area contributed by atoms with Crippen molar-refractivity contribution < 1.29 is 41.9 Å². The fraction of sp³-hybridized carbons (Fsp3) is 0. The number of fused-ring (bicyclic) bond motifs is 1. The van der Waals surface area contributed by atoms with E-state index >= 15 is 0 Å². The van der Waals surface area contributed by atoms with Gasteiger partial charge in [-0.15, -0.1) is 10.2 Å². The first kappa shape index (κ1) is 19.2. The molecule has 0 atom stereocenters. The number of hydrogen-bond acceptors (Lipinski definition) is 8. The van der Waals surface area contributed by atoms with Crippen LogP contribution in [0.1, 0.15) is 0 Å². The van der Waals surface area contributed by atoms with Gasteiger partial charge in [0.25, 0.3) is 0 Å². The van der Waals surface area contributed by atoms with Gasteiger partial charge in [-0.1, -0.05) is 30.3 Å². The van der Waals surface area contributed by atoms with Crippen LogP contribution < -0.4 is 5.26 Å². The van der Waals surface area contributed by atoms with Crippen molar-refractivity contribution in [3.63, 3.8) is 0 Å². The van der Waals surface area contributed by atoms with Crippen molar-refractivity contribution in [2.75, 3.05) is 0 Å². The number of benzene rings is 3. The van der Waals surface area contributed by atoms with Gasteiger partial charge in [-0.3, -0.25) is 5.04 Å². The van der Waals surface area contributed by atoms with Crippen LogP contribution in [0.4, 0.5) is 11.4 Å². The van der Waals surface area contributed by atoms with Crippen LogP contribution in [0.3, 0.4) is 0 Å². The van der Waals surface area contributed by atoms with Gasteiger partial charge in [0.05, 0.1) is 12.0 Å². The van der Waals surface area contributed by atoms with Gasteiger partial charge >= 0.3 is 0 Å². The zero-order valence-electron chi connectivity index (χ0n) is 12.4. The summed E-state index contributed by atoms with van der Waals surface area (Å²) in [6.07, 6.45) is 0. The molecule has 0 aliphatic carbocycles. The molecule has 3 aromatic rings. The maximum Gasteiger partial charge on any atom is 0.143 e. The van der Waals surface area contributed by atoms with Gasteiger partial charge in [-0.05, 0) is 29.7 Å². The average molecular weight is 407 g/mol. The Morgan fingerprint density at radius 3 is 2.48 bits per heavy atom. The monoisotopic (exact) mass is 406 g/mol. The van der Waals surface area contributed by atoms with Crippen LogP contribution in [-0.4, -0.2) is 10.2 Å². The van der Waals surface area contributed by atoms with Crippen LogP contribution in [0.25, 0.3) is 10.8 Å². The number of nitrogens with zero attached hydrogens (tertiary/aromatic N) is 2. The van der Waals surface area contributed by atoms with Crippen LogP contribution in [0.5, 0.6) is 11.5 Å². The van der Waals surface area contributed by atoms with E-state index in [1.807, 2.05) is 24.3 Å². The van der Waals surface area contributed by atoms with E-state index in [-0.39, 0.29) is 34.3 Å². The minimum absolute atomic E-state index is 0. The van der Waals surface area contributed by atoms with Crippen LogP contribution in [0.15, 0.2) is 69.7 Å². The third kappa shape index (κ3) is 4.49. The Labute approximate surface area is 157 Å². The molecule has 0 amide bonds. The molecule has 2 N–H and O–H groups in total. The normalized spacial score (nSPS) is 10.9. The fourth-order valence-electron chi connectivity index (χ4n) is 2.14. The summed E-state index contributed by atoms with van der Waals surface area (Å²) in [6, 6.07) is 15.1. The third-order valence-electron chi connectivity index (χ3n) is 3.24. The Kier molecular flexibility index (Phi) is 6.77. The van der Waals surface area contributed by atoms with Gasteiger partial charge in [-0.25, -0.2) is 0 Å². The average Bonchev–Trinajstić information content (AvgIpc) is 2.61. The van der Waals surface area contributed by atoms with E-state index in [9.17, 15) is 15.5 Å². The van der Waals surface area contributed by atoms with Crippen molar-refractivity contribution in [3.8, 4) is 11.5 Å². The second-order valence-corrected chi connectivity index (χ2v) is 5.50. The predicted octanol–water partition coefficient (Wildman–Crippen LogP) is 3.89. The molecule has 7 nitrogen and oxygen atoms in total. The summed E-state index contributed by atoms with van der Waals surface area (Å²) in [5.74, 6) is -0.128. The molecule has 0 heterocycles. The first-order valence-electron chi connectivity index (χ1n) is 6.77. The Morgan fingerprint density at radius 1 is 0.920 bits per heavy atom. The van der Waals surface area contributed by atoms with Crippen molar-refractivity contribution in [3.05, 3.63) is 54.6 Å². The quantitative estimate of drug-likeness (QED) is 0.219. The topological polar surface area (TPSA) is 107 Å². The summed E-state index contributed by atoms with van der Waals surface area (Å²) in [5, 5.41) is 42.7. The van der Waals surface area contributed by atoms with Gasteiger partial charge in [0, 0.05) is 27.4 Å². The van der Waals surface area contributed by atoms with Crippen molar-refractivity contribution in [2.45, 2.75) is 4.90 Å². The molecular weight excluding hydrogens is 396 g/mol. The maximum atomic E-state index is 10.0. The van der Waals surface area contributed by atoms with Crippen LogP contribution in [-0.2, 0) is 26.4 Å². The van der Waals surface area contributed by atoms with E-state index in [4.69, 9.17) is 0 Å². The van der Waals surface area contributed by atoms with E-state index < -0.39 is 0 Å². The summed E-state index contributed by atoms with van der Waals surface area (Å²) >= 11 is 0.674. The largest absolute Gasteiger partial charge is 0.691 e. The standard InChI is InChI=1S/C16H12N2O5S.Cu/c19-14-8-6-11(24-23-22-21)9-13(14)17-18-16-12-4-2-1-3-10(12)5-7-15(16)20;/h1-9,19-21H;/p-1. The molecule has 0 fully saturated rings. The smallest absolute Gasteiger partial charge is 0.143 e. The number of aromatic hydroxyl groups is 2. The molecule has 0 saturated heterocycles. The van der Waals surface area contributed by atoms with E-state index in [0.717, 1.165) is 10.8 Å². The first-order chi connectivity index (χ1) is 11.7. The SMILES string of the molecule is [Cu].[O-]OOSc1ccc(O)c(N=Nc2c(O)ccc3ccccc23)c1. The van der Waals surface area contributed by atoms with Crippen LogP contribution in [0.2, 0.25) is 0 Å². The fourth-order valence-corrected chi connectivity index (χ4v) is 2.53. The molecule has 0 aliphatic rings. The number of rotatable bonds is 5. The maximum absolute atomic E-state index is 10.0. The molecule has 0 aromatic heterocycles.